The highest BCUT2D eigenvalue weighted by molar-refractivity contribution is 6.17. The number of nitrogens with one attached hydrogen (secondary N) is 1. The predicted octanol–water partition coefficient (Wildman–Crippen LogP) is 3.67. The number of hydrogen-bond acceptors (Lipinski definition) is 1. The van der Waals surface area contributed by atoms with Gasteiger partial charge < -0.3 is 5.32 Å². The Morgan fingerprint density at radius 3 is 2.50 bits per heavy atom. The number of amides is 1. The zero-order valence-corrected chi connectivity index (χ0v) is 12.4. The second kappa shape index (κ2) is 8.90. The van der Waals surface area contributed by atoms with Gasteiger partial charge in [-0.1, -0.05) is 19.4 Å². The monoisotopic (exact) mass is 303 g/mol. The molecule has 0 saturated heterocycles. The molecule has 0 aromatic heterocycles. The van der Waals surface area contributed by atoms with Crippen LogP contribution in [0.4, 0.5) is 8.78 Å². The van der Waals surface area contributed by atoms with Gasteiger partial charge in [0.25, 0.3) is 0 Å². The molecular formula is C15H20ClF2NO. The molecule has 1 atom stereocenters. The molecule has 0 saturated carbocycles. The summed E-state index contributed by atoms with van der Waals surface area (Å²) in [6, 6.07) is 3.59. The molecule has 0 aliphatic rings. The van der Waals surface area contributed by atoms with Crippen molar-refractivity contribution in [1.82, 2.24) is 5.32 Å². The lowest BCUT2D eigenvalue weighted by atomic mass is 10.0. The van der Waals surface area contributed by atoms with Gasteiger partial charge in [0.2, 0.25) is 5.91 Å². The lowest BCUT2D eigenvalue weighted by Gasteiger charge is -2.15. The fraction of sp³-hybridized carbons (Fsp3) is 0.533. The number of carbonyl (C=O) groups is 1. The van der Waals surface area contributed by atoms with Gasteiger partial charge in [-0.3, -0.25) is 4.79 Å². The van der Waals surface area contributed by atoms with E-state index in [-0.39, 0.29) is 17.9 Å². The van der Waals surface area contributed by atoms with E-state index in [1.165, 1.54) is 6.07 Å². The maximum absolute atomic E-state index is 13.4. The van der Waals surface area contributed by atoms with E-state index < -0.39 is 11.6 Å². The number of hydrogen-bond donors (Lipinski definition) is 1. The third-order valence-corrected chi connectivity index (χ3v) is 3.42. The molecule has 1 aromatic rings. The van der Waals surface area contributed by atoms with Crippen LogP contribution in [0, 0.1) is 17.6 Å². The van der Waals surface area contributed by atoms with E-state index in [1.54, 1.807) is 0 Å². The van der Waals surface area contributed by atoms with Crippen molar-refractivity contribution in [2.75, 3.05) is 12.4 Å². The fourth-order valence-corrected chi connectivity index (χ4v) is 2.40. The van der Waals surface area contributed by atoms with Crippen molar-refractivity contribution in [2.24, 2.45) is 5.92 Å². The predicted molar refractivity (Wildman–Crippen MR) is 76.8 cm³/mol. The Bertz CT molecular complexity index is 414. The molecule has 1 rings (SSSR count). The highest BCUT2D eigenvalue weighted by Gasteiger charge is 2.14. The number of carbonyl (C=O) groups excluding carboxylic acids is 1. The van der Waals surface area contributed by atoms with E-state index in [2.05, 4.69) is 12.2 Å². The largest absolute Gasteiger partial charge is 0.356 e. The molecule has 1 N–H and O–H groups in total. The van der Waals surface area contributed by atoms with Gasteiger partial charge in [-0.25, -0.2) is 8.78 Å². The molecule has 1 amide bonds. The number of alkyl halides is 1. The van der Waals surface area contributed by atoms with Gasteiger partial charge in [0.05, 0.1) is 6.42 Å². The van der Waals surface area contributed by atoms with Crippen molar-refractivity contribution < 1.29 is 13.6 Å². The maximum atomic E-state index is 13.4. The Balaban J connectivity index is 2.51. The van der Waals surface area contributed by atoms with Crippen LogP contribution in [0.15, 0.2) is 18.2 Å². The number of rotatable bonds is 8. The van der Waals surface area contributed by atoms with Crippen LogP contribution < -0.4 is 5.32 Å². The summed E-state index contributed by atoms with van der Waals surface area (Å²) in [5.41, 5.74) is -0.186. The van der Waals surface area contributed by atoms with Gasteiger partial charge in [0.1, 0.15) is 11.6 Å². The third-order valence-electron chi connectivity index (χ3n) is 3.20. The second-order valence-electron chi connectivity index (χ2n) is 4.81. The van der Waals surface area contributed by atoms with Crippen LogP contribution >= 0.6 is 11.6 Å². The smallest absolute Gasteiger partial charge is 0.224 e. The molecule has 0 heterocycles. The first kappa shape index (κ1) is 16.9. The molecule has 0 aliphatic carbocycles. The Hall–Kier alpha value is -1.16. The summed E-state index contributed by atoms with van der Waals surface area (Å²) in [5, 5.41) is 2.72. The van der Waals surface area contributed by atoms with E-state index >= 15 is 0 Å². The van der Waals surface area contributed by atoms with Crippen molar-refractivity contribution in [1.29, 1.82) is 0 Å². The standard InChI is InChI=1S/C15H20ClF2NO/c1-2-4-11(7-8-16)10-19-15(20)9-12-13(17)5-3-6-14(12)18/h3,5-6,11H,2,4,7-10H2,1H3,(H,19,20). The first-order valence-corrected chi connectivity index (χ1v) is 7.37. The second-order valence-corrected chi connectivity index (χ2v) is 5.19. The van der Waals surface area contributed by atoms with E-state index in [1.807, 2.05) is 0 Å². The van der Waals surface area contributed by atoms with Gasteiger partial charge in [0.15, 0.2) is 0 Å². The molecule has 0 fully saturated rings. The minimum Gasteiger partial charge on any atom is -0.356 e. The molecule has 2 nitrogen and oxygen atoms in total. The Labute approximate surface area is 123 Å². The number of halogens is 3. The van der Waals surface area contributed by atoms with E-state index in [4.69, 9.17) is 11.6 Å². The van der Waals surface area contributed by atoms with Crippen LogP contribution in [-0.2, 0) is 11.2 Å². The first-order chi connectivity index (χ1) is 9.58. The van der Waals surface area contributed by atoms with E-state index in [9.17, 15) is 13.6 Å². The topological polar surface area (TPSA) is 29.1 Å². The van der Waals surface area contributed by atoms with Gasteiger partial charge in [-0.2, -0.15) is 0 Å². The molecule has 1 aromatic carbocycles. The Kier molecular flexibility index (Phi) is 7.52. The van der Waals surface area contributed by atoms with E-state index in [0.717, 1.165) is 31.4 Å². The quantitative estimate of drug-likeness (QED) is 0.730. The molecule has 0 spiro atoms. The highest BCUT2D eigenvalue weighted by Crippen LogP contribution is 2.14. The van der Waals surface area contributed by atoms with Crippen LogP contribution in [-0.4, -0.2) is 18.3 Å². The first-order valence-electron chi connectivity index (χ1n) is 6.84. The van der Waals surface area contributed by atoms with Gasteiger partial charge >= 0.3 is 0 Å². The summed E-state index contributed by atoms with van der Waals surface area (Å²) in [6.45, 7) is 2.56. The summed E-state index contributed by atoms with van der Waals surface area (Å²) in [5.74, 6) is -0.892. The Morgan fingerprint density at radius 2 is 1.95 bits per heavy atom. The molecule has 20 heavy (non-hydrogen) atoms. The molecule has 0 radical (unpaired) electrons. The summed E-state index contributed by atoms with van der Waals surface area (Å²) >= 11 is 5.71. The summed E-state index contributed by atoms with van der Waals surface area (Å²) < 4.78 is 26.8. The molecular weight excluding hydrogens is 284 g/mol. The van der Waals surface area contributed by atoms with Crippen molar-refractivity contribution in [3.63, 3.8) is 0 Å². The van der Waals surface area contributed by atoms with Crippen LogP contribution in [0.3, 0.4) is 0 Å². The summed E-state index contributed by atoms with van der Waals surface area (Å²) in [4.78, 5) is 11.8. The lowest BCUT2D eigenvalue weighted by Crippen LogP contribution is -2.31. The fourth-order valence-electron chi connectivity index (χ4n) is 2.09. The van der Waals surface area contributed by atoms with Crippen LogP contribution in [0.1, 0.15) is 31.7 Å². The zero-order chi connectivity index (χ0) is 15.0. The van der Waals surface area contributed by atoms with Crippen LogP contribution in [0.2, 0.25) is 0 Å². The zero-order valence-electron chi connectivity index (χ0n) is 11.6. The van der Waals surface area contributed by atoms with Crippen LogP contribution in [0.25, 0.3) is 0 Å². The van der Waals surface area contributed by atoms with E-state index in [0.29, 0.717) is 18.3 Å². The SMILES string of the molecule is CCCC(CCCl)CNC(=O)Cc1c(F)cccc1F. The molecule has 0 aliphatic heterocycles. The average Bonchev–Trinajstić information content (AvgIpc) is 2.41. The Morgan fingerprint density at radius 1 is 1.30 bits per heavy atom. The molecule has 0 bridgehead atoms. The molecule has 1 unspecified atom stereocenters. The minimum absolute atomic E-state index is 0.186. The van der Waals surface area contributed by atoms with Gasteiger partial charge in [0, 0.05) is 18.0 Å². The third kappa shape index (κ3) is 5.45. The highest BCUT2D eigenvalue weighted by atomic mass is 35.5. The van der Waals surface area contributed by atoms with Crippen molar-refractivity contribution in [3.05, 3.63) is 35.4 Å². The maximum Gasteiger partial charge on any atom is 0.224 e. The minimum atomic E-state index is -0.689. The summed E-state index contributed by atoms with van der Waals surface area (Å²) in [7, 11) is 0. The van der Waals surface area contributed by atoms with Gasteiger partial charge in [-0.15, -0.1) is 11.6 Å². The molecule has 5 heteroatoms. The normalized spacial score (nSPS) is 12.2. The van der Waals surface area contributed by atoms with Gasteiger partial charge in [-0.05, 0) is 30.9 Å². The van der Waals surface area contributed by atoms with Crippen molar-refractivity contribution in [2.45, 2.75) is 32.6 Å². The van der Waals surface area contributed by atoms with Crippen molar-refractivity contribution >= 4 is 17.5 Å². The average molecular weight is 304 g/mol. The molecule has 112 valence electrons. The number of benzene rings is 1. The summed E-state index contributed by atoms with van der Waals surface area (Å²) in [6.07, 6.45) is 2.53. The van der Waals surface area contributed by atoms with Crippen LogP contribution in [0.5, 0.6) is 0 Å². The lowest BCUT2D eigenvalue weighted by molar-refractivity contribution is -0.120. The van der Waals surface area contributed by atoms with Crippen molar-refractivity contribution in [3.8, 4) is 0 Å².